The molecule has 0 amide bonds. The van der Waals surface area contributed by atoms with E-state index in [9.17, 15) is 0 Å². The van der Waals surface area contributed by atoms with E-state index in [4.69, 9.17) is 11.6 Å². The predicted octanol–water partition coefficient (Wildman–Crippen LogP) is 3.80. The number of nitrogens with zero attached hydrogens (tertiary/aromatic N) is 3. The normalized spacial score (nSPS) is 15.6. The number of hydrogen-bond donors (Lipinski definition) is 1. The number of hydrogen-bond acceptors (Lipinski definition) is 4. The van der Waals surface area contributed by atoms with Crippen LogP contribution in [0.2, 0.25) is 5.02 Å². The van der Waals surface area contributed by atoms with E-state index in [0.29, 0.717) is 6.04 Å². The Kier molecular flexibility index (Phi) is 6.27. The van der Waals surface area contributed by atoms with Crippen molar-refractivity contribution in [3.63, 3.8) is 0 Å². The molecule has 5 heteroatoms. The van der Waals surface area contributed by atoms with Crippen molar-refractivity contribution in [2.24, 2.45) is 0 Å². The Morgan fingerprint density at radius 1 is 1.20 bits per heavy atom. The molecule has 0 spiro atoms. The van der Waals surface area contributed by atoms with Crippen LogP contribution >= 0.6 is 11.6 Å². The van der Waals surface area contributed by atoms with Crippen molar-refractivity contribution in [1.29, 1.82) is 0 Å². The summed E-state index contributed by atoms with van der Waals surface area (Å²) in [4.78, 5) is 11.5. The van der Waals surface area contributed by atoms with Gasteiger partial charge in [0.1, 0.15) is 11.6 Å². The summed E-state index contributed by atoms with van der Waals surface area (Å²) >= 11 is 6.04. The average Bonchev–Trinajstić information content (AvgIpc) is 2.62. The van der Waals surface area contributed by atoms with Crippen molar-refractivity contribution in [2.75, 3.05) is 24.5 Å². The van der Waals surface area contributed by atoms with Gasteiger partial charge in [0.2, 0.25) is 0 Å². The maximum Gasteiger partial charge on any atom is 0.132 e. The van der Waals surface area contributed by atoms with Gasteiger partial charge in [-0.25, -0.2) is 9.97 Å². The third kappa shape index (κ3) is 5.16. The van der Waals surface area contributed by atoms with Crippen molar-refractivity contribution in [3.05, 3.63) is 52.4 Å². The number of halogens is 1. The molecule has 3 rings (SSSR count). The van der Waals surface area contributed by atoms with Gasteiger partial charge in [-0.2, -0.15) is 0 Å². The smallest absolute Gasteiger partial charge is 0.132 e. The lowest BCUT2D eigenvalue weighted by atomic mass is 10.0. The highest BCUT2D eigenvalue weighted by molar-refractivity contribution is 6.30. The van der Waals surface area contributed by atoms with Crippen LogP contribution in [0.3, 0.4) is 0 Å². The van der Waals surface area contributed by atoms with Crippen LogP contribution in [0.15, 0.2) is 30.3 Å². The van der Waals surface area contributed by atoms with Crippen molar-refractivity contribution >= 4 is 17.4 Å². The molecule has 1 aliphatic rings. The number of rotatable bonds is 6. The molecule has 134 valence electrons. The molecule has 1 aromatic carbocycles. The van der Waals surface area contributed by atoms with Gasteiger partial charge in [0.05, 0.1) is 0 Å². The van der Waals surface area contributed by atoms with Crippen LogP contribution in [0.5, 0.6) is 0 Å². The Hall–Kier alpha value is -1.65. The van der Waals surface area contributed by atoms with E-state index in [2.05, 4.69) is 45.3 Å². The summed E-state index contributed by atoms with van der Waals surface area (Å²) in [6.45, 7) is 7.22. The van der Waals surface area contributed by atoms with Crippen LogP contribution < -0.4 is 10.2 Å². The summed E-state index contributed by atoms with van der Waals surface area (Å²) in [5.41, 5.74) is 2.42. The Morgan fingerprint density at radius 3 is 2.72 bits per heavy atom. The molecule has 2 heterocycles. The first-order chi connectivity index (χ1) is 12.1. The van der Waals surface area contributed by atoms with Gasteiger partial charge in [-0.3, -0.25) is 0 Å². The first-order valence-electron chi connectivity index (χ1n) is 9.21. The topological polar surface area (TPSA) is 41.0 Å². The van der Waals surface area contributed by atoms with Gasteiger partial charge < -0.3 is 10.2 Å². The number of piperidine rings is 1. The van der Waals surface area contributed by atoms with E-state index in [1.807, 2.05) is 19.1 Å². The van der Waals surface area contributed by atoms with Gasteiger partial charge in [0.25, 0.3) is 0 Å². The molecule has 0 aliphatic carbocycles. The minimum Gasteiger partial charge on any atom is -0.356 e. The average molecular weight is 359 g/mol. The zero-order valence-corrected chi connectivity index (χ0v) is 15.9. The second-order valence-corrected chi connectivity index (χ2v) is 7.15. The van der Waals surface area contributed by atoms with Crippen LogP contribution in [0.1, 0.15) is 36.8 Å². The fraction of sp³-hybridized carbons (Fsp3) is 0.500. The Morgan fingerprint density at radius 2 is 2.00 bits per heavy atom. The summed E-state index contributed by atoms with van der Waals surface area (Å²) < 4.78 is 0. The van der Waals surface area contributed by atoms with Gasteiger partial charge in [-0.05, 0) is 56.8 Å². The number of aryl methyl sites for hydroxylation is 2. The highest BCUT2D eigenvalue weighted by atomic mass is 35.5. The van der Waals surface area contributed by atoms with Crippen LogP contribution in [0, 0.1) is 6.92 Å². The third-order valence-corrected chi connectivity index (χ3v) is 5.03. The van der Waals surface area contributed by atoms with Crippen LogP contribution in [0.25, 0.3) is 0 Å². The third-order valence-electron chi connectivity index (χ3n) is 4.79. The molecule has 1 saturated heterocycles. The molecule has 1 aliphatic heterocycles. The van der Waals surface area contributed by atoms with Crippen LogP contribution in [-0.2, 0) is 12.8 Å². The Labute approximate surface area is 155 Å². The molecule has 1 aromatic heterocycles. The van der Waals surface area contributed by atoms with Crippen molar-refractivity contribution in [3.8, 4) is 0 Å². The van der Waals surface area contributed by atoms with Gasteiger partial charge in [0, 0.05) is 35.9 Å². The number of benzene rings is 1. The lowest BCUT2D eigenvalue weighted by Gasteiger charge is -2.33. The molecule has 1 N–H and O–H groups in total. The molecule has 0 unspecified atom stereocenters. The lowest BCUT2D eigenvalue weighted by Crippen LogP contribution is -2.43. The zero-order valence-electron chi connectivity index (χ0n) is 15.1. The number of aromatic nitrogens is 2. The fourth-order valence-corrected chi connectivity index (χ4v) is 3.59. The molecule has 0 saturated carbocycles. The second-order valence-electron chi connectivity index (χ2n) is 6.71. The van der Waals surface area contributed by atoms with E-state index in [1.54, 1.807) is 0 Å². The molecule has 2 aromatic rings. The summed E-state index contributed by atoms with van der Waals surface area (Å²) in [6.07, 6.45) is 4.28. The monoisotopic (exact) mass is 358 g/mol. The van der Waals surface area contributed by atoms with Crippen molar-refractivity contribution in [1.82, 2.24) is 15.3 Å². The lowest BCUT2D eigenvalue weighted by molar-refractivity contribution is 0.416. The van der Waals surface area contributed by atoms with Crippen molar-refractivity contribution in [2.45, 2.75) is 45.6 Å². The van der Waals surface area contributed by atoms with Crippen LogP contribution in [-0.4, -0.2) is 35.6 Å². The molecule has 0 atom stereocenters. The van der Waals surface area contributed by atoms with E-state index in [0.717, 1.165) is 67.7 Å². The van der Waals surface area contributed by atoms with Gasteiger partial charge >= 0.3 is 0 Å². The van der Waals surface area contributed by atoms with Crippen molar-refractivity contribution < 1.29 is 0 Å². The molecule has 0 radical (unpaired) electrons. The maximum atomic E-state index is 6.04. The molecule has 25 heavy (non-hydrogen) atoms. The number of nitrogens with one attached hydrogen (secondary N) is 1. The summed E-state index contributed by atoms with van der Waals surface area (Å²) in [6, 6.07) is 10.9. The number of anilines is 1. The van der Waals surface area contributed by atoms with E-state index >= 15 is 0 Å². The summed E-state index contributed by atoms with van der Waals surface area (Å²) in [5, 5.41) is 4.51. The summed E-state index contributed by atoms with van der Waals surface area (Å²) in [7, 11) is 0. The zero-order chi connectivity index (χ0) is 17.6. The second kappa shape index (κ2) is 8.63. The maximum absolute atomic E-state index is 6.04. The molecule has 1 fully saturated rings. The quantitative estimate of drug-likeness (QED) is 0.852. The first kappa shape index (κ1) is 18.2. The minimum atomic E-state index is 0.587. The van der Waals surface area contributed by atoms with E-state index in [1.165, 1.54) is 5.56 Å². The molecule has 4 nitrogen and oxygen atoms in total. The highest BCUT2D eigenvalue weighted by Crippen LogP contribution is 2.19. The fourth-order valence-electron chi connectivity index (χ4n) is 3.38. The van der Waals surface area contributed by atoms with E-state index < -0.39 is 0 Å². The minimum absolute atomic E-state index is 0.587. The molecular formula is C20H27ClN4. The molecule has 0 bridgehead atoms. The molecular weight excluding hydrogens is 332 g/mol. The SMILES string of the molecule is CCc1cc(N2CCC(NCCc3cccc(Cl)c3)CC2)nc(C)n1. The van der Waals surface area contributed by atoms with Gasteiger partial charge in [0.15, 0.2) is 0 Å². The van der Waals surface area contributed by atoms with Crippen LogP contribution in [0.4, 0.5) is 5.82 Å². The Bertz CT molecular complexity index is 696. The predicted molar refractivity (Wildman–Crippen MR) is 105 cm³/mol. The highest BCUT2D eigenvalue weighted by Gasteiger charge is 2.20. The van der Waals surface area contributed by atoms with Gasteiger partial charge in [-0.1, -0.05) is 30.7 Å². The largest absolute Gasteiger partial charge is 0.356 e. The summed E-state index contributed by atoms with van der Waals surface area (Å²) in [5.74, 6) is 1.96. The first-order valence-corrected chi connectivity index (χ1v) is 9.59. The van der Waals surface area contributed by atoms with E-state index in [-0.39, 0.29) is 0 Å². The Balaban J connectivity index is 1.46. The standard InChI is InChI=1S/C20H27ClN4/c1-3-18-14-20(24-15(2)23-18)25-11-8-19(9-12-25)22-10-7-16-5-4-6-17(21)13-16/h4-6,13-14,19,22H,3,7-12H2,1-2H3. The van der Waals surface area contributed by atoms with Gasteiger partial charge in [-0.15, -0.1) is 0 Å².